The van der Waals surface area contributed by atoms with Gasteiger partial charge in [0.2, 0.25) is 5.90 Å². The zero-order valence-electron chi connectivity index (χ0n) is 14.1. The maximum Gasteiger partial charge on any atom is 0.363 e. The van der Waals surface area contributed by atoms with Gasteiger partial charge in [0.05, 0.1) is 0 Å². The van der Waals surface area contributed by atoms with E-state index in [4.69, 9.17) is 16.3 Å². The minimum atomic E-state index is -0.444. The first kappa shape index (κ1) is 17.6. The Morgan fingerprint density at radius 1 is 0.889 bits per heavy atom. The molecular weight excluding hydrogens is 378 g/mol. The van der Waals surface area contributed by atoms with E-state index < -0.39 is 5.97 Å². The van der Waals surface area contributed by atoms with Gasteiger partial charge < -0.3 is 4.74 Å². The molecule has 27 heavy (non-hydrogen) atoms. The number of nitrogens with zero attached hydrogens (tertiary/aromatic N) is 1. The topological polar surface area (TPSA) is 38.7 Å². The zero-order valence-corrected chi connectivity index (χ0v) is 15.7. The number of esters is 1. The van der Waals surface area contributed by atoms with Crippen molar-refractivity contribution in [2.24, 2.45) is 4.99 Å². The Morgan fingerprint density at radius 3 is 2.37 bits per heavy atom. The Kier molecular flexibility index (Phi) is 5.10. The molecule has 1 aliphatic rings. The van der Waals surface area contributed by atoms with E-state index in [1.807, 2.05) is 78.9 Å². The minimum Gasteiger partial charge on any atom is -0.402 e. The number of benzene rings is 3. The zero-order chi connectivity index (χ0) is 18.6. The number of rotatable bonds is 4. The lowest BCUT2D eigenvalue weighted by atomic mass is 10.2. The number of halogens is 1. The highest BCUT2D eigenvalue weighted by atomic mass is 35.5. The molecule has 0 aliphatic carbocycles. The van der Waals surface area contributed by atoms with Crippen LogP contribution in [0.4, 0.5) is 0 Å². The van der Waals surface area contributed by atoms with Crippen molar-refractivity contribution >= 4 is 41.3 Å². The van der Waals surface area contributed by atoms with Gasteiger partial charge in [-0.1, -0.05) is 59.8 Å². The van der Waals surface area contributed by atoms with Crippen LogP contribution in [0.1, 0.15) is 11.1 Å². The van der Waals surface area contributed by atoms with Crippen molar-refractivity contribution in [2.75, 3.05) is 0 Å². The van der Waals surface area contributed by atoms with Crippen LogP contribution in [0, 0.1) is 0 Å². The quantitative estimate of drug-likeness (QED) is 0.414. The largest absolute Gasteiger partial charge is 0.402 e. The number of hydrogen-bond acceptors (Lipinski definition) is 4. The fraction of sp³-hybridized carbons (Fsp3) is 0. The molecule has 0 atom stereocenters. The third kappa shape index (κ3) is 4.13. The van der Waals surface area contributed by atoms with E-state index in [2.05, 4.69) is 4.99 Å². The molecule has 3 nitrogen and oxygen atoms in total. The van der Waals surface area contributed by atoms with Crippen LogP contribution in [0.2, 0.25) is 5.02 Å². The van der Waals surface area contributed by atoms with Crippen LogP contribution < -0.4 is 0 Å². The fourth-order valence-corrected chi connectivity index (χ4v) is 3.63. The molecule has 0 amide bonds. The first-order chi connectivity index (χ1) is 13.2. The third-order valence-electron chi connectivity index (χ3n) is 3.89. The van der Waals surface area contributed by atoms with E-state index in [1.165, 1.54) is 0 Å². The lowest BCUT2D eigenvalue weighted by Crippen LogP contribution is -2.04. The van der Waals surface area contributed by atoms with Crippen molar-refractivity contribution in [1.82, 2.24) is 0 Å². The summed E-state index contributed by atoms with van der Waals surface area (Å²) < 4.78 is 5.32. The Labute approximate surface area is 166 Å². The summed E-state index contributed by atoms with van der Waals surface area (Å²) in [5.74, 6) is -0.116. The molecule has 1 heterocycles. The lowest BCUT2D eigenvalue weighted by Gasteiger charge is -2.06. The highest BCUT2D eigenvalue weighted by Crippen LogP contribution is 2.33. The van der Waals surface area contributed by atoms with E-state index in [-0.39, 0.29) is 5.70 Å². The van der Waals surface area contributed by atoms with Crippen LogP contribution in [0.15, 0.2) is 99.3 Å². The summed E-state index contributed by atoms with van der Waals surface area (Å²) in [6.45, 7) is 0. The van der Waals surface area contributed by atoms with Gasteiger partial charge in [0, 0.05) is 20.4 Å². The van der Waals surface area contributed by atoms with Gasteiger partial charge in [-0.15, -0.1) is 0 Å². The molecule has 0 saturated heterocycles. The summed E-state index contributed by atoms with van der Waals surface area (Å²) in [6.07, 6.45) is 1.76. The molecule has 5 heteroatoms. The molecule has 0 fully saturated rings. The highest BCUT2D eigenvalue weighted by molar-refractivity contribution is 7.99. The first-order valence-corrected chi connectivity index (χ1v) is 9.49. The van der Waals surface area contributed by atoms with Crippen molar-refractivity contribution in [1.29, 1.82) is 0 Å². The molecule has 0 radical (unpaired) electrons. The summed E-state index contributed by atoms with van der Waals surface area (Å²) >= 11 is 7.56. The smallest absolute Gasteiger partial charge is 0.363 e. The Morgan fingerprint density at radius 2 is 1.59 bits per heavy atom. The predicted molar refractivity (Wildman–Crippen MR) is 109 cm³/mol. The van der Waals surface area contributed by atoms with Crippen LogP contribution >= 0.6 is 23.4 Å². The monoisotopic (exact) mass is 391 g/mol. The molecule has 0 unspecified atom stereocenters. The van der Waals surface area contributed by atoms with E-state index in [0.717, 1.165) is 20.9 Å². The summed E-state index contributed by atoms with van der Waals surface area (Å²) in [4.78, 5) is 18.7. The predicted octanol–water partition coefficient (Wildman–Crippen LogP) is 5.84. The maximum atomic E-state index is 12.2. The standard InChI is InChI=1S/C22H14ClNO2S/c23-17-10-12-18(13-11-17)27-20-9-5-4-8-16(20)14-19-22(25)26-21(24-19)15-6-2-1-3-7-15/h1-14H. The second-order valence-electron chi connectivity index (χ2n) is 5.80. The van der Waals surface area contributed by atoms with Crippen molar-refractivity contribution in [2.45, 2.75) is 9.79 Å². The molecule has 0 bridgehead atoms. The first-order valence-electron chi connectivity index (χ1n) is 8.29. The molecule has 0 N–H and O–H groups in total. The summed E-state index contributed by atoms with van der Waals surface area (Å²) in [5, 5.41) is 0.700. The lowest BCUT2D eigenvalue weighted by molar-refractivity contribution is -0.129. The molecule has 0 spiro atoms. The van der Waals surface area contributed by atoms with Crippen LogP contribution in [0.5, 0.6) is 0 Å². The van der Waals surface area contributed by atoms with Gasteiger partial charge in [0.25, 0.3) is 0 Å². The molecule has 3 aromatic rings. The Bertz CT molecular complexity index is 1040. The van der Waals surface area contributed by atoms with Crippen molar-refractivity contribution in [3.05, 3.63) is 101 Å². The highest BCUT2D eigenvalue weighted by Gasteiger charge is 2.24. The normalized spacial score (nSPS) is 14.9. The third-order valence-corrected chi connectivity index (χ3v) is 5.25. The van der Waals surface area contributed by atoms with Crippen LogP contribution in [0.3, 0.4) is 0 Å². The summed E-state index contributed by atoms with van der Waals surface area (Å²) in [6, 6.07) is 24.9. The van der Waals surface area contributed by atoms with Crippen LogP contribution in [-0.4, -0.2) is 11.9 Å². The summed E-state index contributed by atoms with van der Waals surface area (Å²) in [5.41, 5.74) is 1.97. The van der Waals surface area contributed by atoms with Gasteiger partial charge in [-0.25, -0.2) is 9.79 Å². The molecule has 1 aliphatic heterocycles. The van der Waals surface area contributed by atoms with Gasteiger partial charge in [-0.05, 0) is 54.1 Å². The molecule has 132 valence electrons. The van der Waals surface area contributed by atoms with Gasteiger partial charge >= 0.3 is 5.97 Å². The van der Waals surface area contributed by atoms with Crippen LogP contribution in [0.25, 0.3) is 6.08 Å². The van der Waals surface area contributed by atoms with E-state index >= 15 is 0 Å². The van der Waals surface area contributed by atoms with Gasteiger partial charge in [0.15, 0.2) is 5.70 Å². The number of carbonyl (C=O) groups excluding carboxylic acids is 1. The van der Waals surface area contributed by atoms with E-state index in [9.17, 15) is 4.79 Å². The van der Waals surface area contributed by atoms with Gasteiger partial charge in [-0.3, -0.25) is 0 Å². The number of cyclic esters (lactones) is 1. The Balaban J connectivity index is 1.65. The van der Waals surface area contributed by atoms with Gasteiger partial charge in [-0.2, -0.15) is 0 Å². The van der Waals surface area contributed by atoms with Crippen LogP contribution in [-0.2, 0) is 9.53 Å². The average molecular weight is 392 g/mol. The SMILES string of the molecule is O=C1OC(c2ccccc2)=NC1=Cc1ccccc1Sc1ccc(Cl)cc1. The van der Waals surface area contributed by atoms with E-state index in [0.29, 0.717) is 10.9 Å². The molecule has 0 saturated carbocycles. The second-order valence-corrected chi connectivity index (χ2v) is 7.35. The number of ether oxygens (including phenoxy) is 1. The number of hydrogen-bond donors (Lipinski definition) is 0. The molecule has 0 aromatic heterocycles. The van der Waals surface area contributed by atoms with Crippen molar-refractivity contribution in [3.8, 4) is 0 Å². The summed E-state index contributed by atoms with van der Waals surface area (Å²) in [7, 11) is 0. The average Bonchev–Trinajstić information content (AvgIpc) is 3.06. The van der Waals surface area contributed by atoms with E-state index in [1.54, 1.807) is 17.8 Å². The number of aliphatic imine (C=N–C) groups is 1. The number of carbonyl (C=O) groups is 1. The second kappa shape index (κ2) is 7.82. The van der Waals surface area contributed by atoms with Gasteiger partial charge in [0.1, 0.15) is 0 Å². The maximum absolute atomic E-state index is 12.2. The Hall–Kier alpha value is -2.82. The van der Waals surface area contributed by atoms with Crippen molar-refractivity contribution < 1.29 is 9.53 Å². The molecule has 3 aromatic carbocycles. The molecule has 4 rings (SSSR count). The van der Waals surface area contributed by atoms with Crippen molar-refractivity contribution in [3.63, 3.8) is 0 Å². The fourth-order valence-electron chi connectivity index (χ4n) is 2.58. The minimum absolute atomic E-state index is 0.290. The molecular formula is C22H14ClNO2S.